The molecule has 0 saturated carbocycles. The van der Waals surface area contributed by atoms with E-state index in [1.165, 1.54) is 0 Å². The lowest BCUT2D eigenvalue weighted by molar-refractivity contribution is 0.243. The van der Waals surface area contributed by atoms with Gasteiger partial charge in [0.1, 0.15) is 5.75 Å². The van der Waals surface area contributed by atoms with Crippen molar-refractivity contribution in [2.45, 2.75) is 13.8 Å². The van der Waals surface area contributed by atoms with Crippen molar-refractivity contribution < 1.29 is 13.8 Å². The Balaban J connectivity index is 2.41. The second-order valence-electron chi connectivity index (χ2n) is 2.90. The fraction of sp³-hybridized carbons (Fsp3) is 0.455. The highest BCUT2D eigenvalue weighted by Crippen LogP contribution is 2.38. The van der Waals surface area contributed by atoms with Crippen molar-refractivity contribution in [3.8, 4) is 5.75 Å². The highest BCUT2D eigenvalue weighted by Gasteiger charge is 2.09. The maximum Gasteiger partial charge on any atom is 0.211 e. The van der Waals surface area contributed by atoms with Crippen LogP contribution in [0.5, 0.6) is 5.75 Å². The van der Waals surface area contributed by atoms with E-state index in [2.05, 4.69) is 15.9 Å². The van der Waals surface area contributed by atoms with Crippen LogP contribution in [-0.2, 0) is 9.05 Å². The zero-order chi connectivity index (χ0) is 11.8. The van der Waals surface area contributed by atoms with Crippen molar-refractivity contribution in [2.75, 3.05) is 19.6 Å². The van der Waals surface area contributed by atoms with Gasteiger partial charge in [-0.2, -0.15) is 0 Å². The number of ether oxygens (including phenoxy) is 1. The first-order valence-electron chi connectivity index (χ1n) is 5.18. The molecular formula is C11H16BrO3P. The van der Waals surface area contributed by atoms with Gasteiger partial charge < -0.3 is 13.8 Å². The van der Waals surface area contributed by atoms with Crippen LogP contribution in [0.1, 0.15) is 13.8 Å². The molecule has 0 radical (unpaired) electrons. The van der Waals surface area contributed by atoms with Crippen LogP contribution >= 0.6 is 24.3 Å². The number of halogens is 1. The Hall–Kier alpha value is -0.150. The van der Waals surface area contributed by atoms with Gasteiger partial charge in [-0.25, -0.2) is 0 Å². The third-order valence-corrected chi connectivity index (χ3v) is 3.60. The highest BCUT2D eigenvalue weighted by molar-refractivity contribution is 9.10. The summed E-state index contributed by atoms with van der Waals surface area (Å²) < 4.78 is 17.5. The van der Waals surface area contributed by atoms with Gasteiger partial charge in [0.15, 0.2) is 6.35 Å². The van der Waals surface area contributed by atoms with Crippen molar-refractivity contribution in [3.05, 3.63) is 28.7 Å². The van der Waals surface area contributed by atoms with Crippen molar-refractivity contribution in [1.29, 1.82) is 0 Å². The Bertz CT molecular complexity index is 303. The Morgan fingerprint density at radius 3 is 2.44 bits per heavy atom. The van der Waals surface area contributed by atoms with Crippen LogP contribution in [0.4, 0.5) is 0 Å². The summed E-state index contributed by atoms with van der Waals surface area (Å²) in [5.41, 5.74) is 0. The zero-order valence-electron chi connectivity index (χ0n) is 9.48. The van der Waals surface area contributed by atoms with Crippen LogP contribution in [-0.4, -0.2) is 19.6 Å². The molecule has 0 aliphatic rings. The van der Waals surface area contributed by atoms with E-state index in [0.717, 1.165) is 10.2 Å². The molecule has 0 aliphatic heterocycles. The summed E-state index contributed by atoms with van der Waals surface area (Å²) in [5.74, 6) is 0.821. The number of rotatable bonds is 7. The molecule has 3 nitrogen and oxygen atoms in total. The minimum absolute atomic E-state index is 0.466. The van der Waals surface area contributed by atoms with E-state index >= 15 is 0 Å². The van der Waals surface area contributed by atoms with E-state index < -0.39 is 8.38 Å². The number of hydrogen-bond donors (Lipinski definition) is 0. The maximum atomic E-state index is 5.60. The molecule has 0 spiro atoms. The van der Waals surface area contributed by atoms with Gasteiger partial charge in [0, 0.05) is 4.47 Å². The Labute approximate surface area is 106 Å². The van der Waals surface area contributed by atoms with Gasteiger partial charge in [-0.15, -0.1) is 0 Å². The molecule has 16 heavy (non-hydrogen) atoms. The first-order chi connectivity index (χ1) is 7.76. The van der Waals surface area contributed by atoms with Gasteiger partial charge in [0.25, 0.3) is 0 Å². The SMILES string of the molecule is CCOP(COc1cccc(Br)c1)OCC. The molecule has 90 valence electrons. The van der Waals surface area contributed by atoms with E-state index in [0.29, 0.717) is 19.6 Å². The van der Waals surface area contributed by atoms with Crippen LogP contribution in [0.15, 0.2) is 28.7 Å². The van der Waals surface area contributed by atoms with E-state index in [-0.39, 0.29) is 0 Å². The third-order valence-electron chi connectivity index (χ3n) is 1.68. The average molecular weight is 307 g/mol. The molecule has 1 aromatic carbocycles. The molecule has 0 atom stereocenters. The van der Waals surface area contributed by atoms with E-state index in [9.17, 15) is 0 Å². The van der Waals surface area contributed by atoms with Crippen LogP contribution < -0.4 is 4.74 Å². The van der Waals surface area contributed by atoms with E-state index in [1.807, 2.05) is 38.1 Å². The third kappa shape index (κ3) is 5.26. The summed E-state index contributed by atoms with van der Waals surface area (Å²) in [6.07, 6.45) is 0.466. The summed E-state index contributed by atoms with van der Waals surface area (Å²) in [6, 6.07) is 7.73. The van der Waals surface area contributed by atoms with Crippen molar-refractivity contribution in [2.24, 2.45) is 0 Å². The molecule has 0 aliphatic carbocycles. The maximum absolute atomic E-state index is 5.60. The molecular weight excluding hydrogens is 291 g/mol. The van der Waals surface area contributed by atoms with Crippen molar-refractivity contribution in [3.63, 3.8) is 0 Å². The predicted octanol–water partition coefficient (Wildman–Crippen LogP) is 4.17. The monoisotopic (exact) mass is 306 g/mol. The molecule has 5 heteroatoms. The molecule has 1 aromatic rings. The Morgan fingerprint density at radius 2 is 1.88 bits per heavy atom. The molecule has 0 bridgehead atoms. The summed E-state index contributed by atoms with van der Waals surface area (Å²) in [7, 11) is -0.932. The molecule has 1 rings (SSSR count). The van der Waals surface area contributed by atoms with Crippen LogP contribution in [0.2, 0.25) is 0 Å². The summed E-state index contributed by atoms with van der Waals surface area (Å²) in [4.78, 5) is 0. The van der Waals surface area contributed by atoms with Crippen LogP contribution in [0, 0.1) is 0 Å². The van der Waals surface area contributed by atoms with E-state index in [1.54, 1.807) is 0 Å². The van der Waals surface area contributed by atoms with Crippen molar-refractivity contribution in [1.82, 2.24) is 0 Å². The summed E-state index contributed by atoms with van der Waals surface area (Å²) in [6.45, 7) is 5.20. The molecule has 0 unspecified atom stereocenters. The topological polar surface area (TPSA) is 27.7 Å². The van der Waals surface area contributed by atoms with Gasteiger partial charge in [0.05, 0.1) is 13.2 Å². The molecule has 0 fully saturated rings. The predicted molar refractivity (Wildman–Crippen MR) is 69.8 cm³/mol. The second-order valence-corrected chi connectivity index (χ2v) is 5.25. The number of hydrogen-bond acceptors (Lipinski definition) is 3. The minimum Gasteiger partial charge on any atom is -0.484 e. The van der Waals surface area contributed by atoms with Gasteiger partial charge in [-0.05, 0) is 32.0 Å². The lowest BCUT2D eigenvalue weighted by Gasteiger charge is -2.16. The fourth-order valence-electron chi connectivity index (χ4n) is 1.08. The van der Waals surface area contributed by atoms with Gasteiger partial charge in [-0.3, -0.25) is 0 Å². The smallest absolute Gasteiger partial charge is 0.211 e. The Kier molecular flexibility index (Phi) is 6.97. The van der Waals surface area contributed by atoms with Crippen LogP contribution in [0.25, 0.3) is 0 Å². The van der Waals surface area contributed by atoms with Gasteiger partial charge in [-0.1, -0.05) is 22.0 Å². The van der Waals surface area contributed by atoms with Crippen LogP contribution in [0.3, 0.4) is 0 Å². The molecule has 0 N–H and O–H groups in total. The molecule has 0 heterocycles. The quantitative estimate of drug-likeness (QED) is 0.708. The lowest BCUT2D eigenvalue weighted by atomic mass is 10.3. The first kappa shape index (κ1) is 13.9. The molecule has 0 saturated heterocycles. The highest BCUT2D eigenvalue weighted by atomic mass is 79.9. The largest absolute Gasteiger partial charge is 0.484 e. The van der Waals surface area contributed by atoms with Gasteiger partial charge in [0.2, 0.25) is 8.38 Å². The average Bonchev–Trinajstić information content (AvgIpc) is 2.27. The summed E-state index contributed by atoms with van der Waals surface area (Å²) in [5, 5.41) is 0. The lowest BCUT2D eigenvalue weighted by Crippen LogP contribution is -2.01. The normalized spacial score (nSPS) is 10.8. The number of benzene rings is 1. The molecule has 0 amide bonds. The second kappa shape index (κ2) is 8.02. The Morgan fingerprint density at radius 1 is 1.19 bits per heavy atom. The zero-order valence-corrected chi connectivity index (χ0v) is 12.0. The summed E-state index contributed by atoms with van der Waals surface area (Å²) >= 11 is 3.39. The first-order valence-corrected chi connectivity index (χ1v) is 7.33. The van der Waals surface area contributed by atoms with Crippen molar-refractivity contribution >= 4 is 24.3 Å². The molecule has 0 aromatic heterocycles. The van der Waals surface area contributed by atoms with Gasteiger partial charge >= 0.3 is 0 Å². The minimum atomic E-state index is -0.932. The van der Waals surface area contributed by atoms with E-state index in [4.69, 9.17) is 13.8 Å². The standard InChI is InChI=1S/C11H16BrO3P/c1-3-14-16(15-4-2)9-13-11-7-5-6-10(12)8-11/h5-8H,3-4,9H2,1-2H3. The fourth-order valence-corrected chi connectivity index (χ4v) is 2.52.